The van der Waals surface area contributed by atoms with Gasteiger partial charge in [0.2, 0.25) is 0 Å². The Morgan fingerprint density at radius 2 is 1.95 bits per heavy atom. The van der Waals surface area contributed by atoms with Crippen molar-refractivity contribution in [2.24, 2.45) is 0 Å². The molecule has 1 aliphatic heterocycles. The summed E-state index contributed by atoms with van der Waals surface area (Å²) in [5, 5.41) is 18.0. The number of nitrogens with zero attached hydrogens (tertiary/aromatic N) is 1. The minimum atomic E-state index is -4.00. The highest BCUT2D eigenvalue weighted by Gasteiger charge is 2.41. The van der Waals surface area contributed by atoms with E-state index in [1.165, 1.54) is 24.3 Å². The third kappa shape index (κ3) is 2.32. The van der Waals surface area contributed by atoms with Gasteiger partial charge in [0, 0.05) is 0 Å². The molecule has 1 atom stereocenters. The number of aliphatic hydroxyl groups is 1. The molecule has 2 rings (SSSR count). The monoisotopic (exact) mass is 285 g/mol. The Bertz CT molecular complexity index is 638. The number of aliphatic carboxylic acids is 1. The number of fused-ring (bicyclic) bond motifs is 1. The van der Waals surface area contributed by atoms with Crippen LogP contribution < -0.4 is 0 Å². The molecule has 7 nitrogen and oxygen atoms in total. The number of sulfonamides is 1. The lowest BCUT2D eigenvalue weighted by Gasteiger charge is -2.17. The van der Waals surface area contributed by atoms with Crippen LogP contribution in [0.3, 0.4) is 0 Å². The molecule has 0 saturated heterocycles. The Labute approximate surface area is 109 Å². The normalized spacial score (nSPS) is 18.2. The number of carboxylic acid groups (broad SMARTS) is 1. The quantitative estimate of drug-likeness (QED) is 0.783. The number of hydrogen-bond acceptors (Lipinski definition) is 5. The molecular weight excluding hydrogens is 274 g/mol. The van der Waals surface area contributed by atoms with Crippen LogP contribution in [0.15, 0.2) is 29.2 Å². The van der Waals surface area contributed by atoms with Crippen LogP contribution in [0.1, 0.15) is 16.8 Å². The first-order chi connectivity index (χ1) is 8.84. The zero-order valence-corrected chi connectivity index (χ0v) is 10.5. The van der Waals surface area contributed by atoms with E-state index in [0.29, 0.717) is 4.31 Å². The summed E-state index contributed by atoms with van der Waals surface area (Å²) in [6.07, 6.45) is -2.07. The van der Waals surface area contributed by atoms with Crippen LogP contribution in [0.2, 0.25) is 0 Å². The molecule has 0 aliphatic carbocycles. The summed E-state index contributed by atoms with van der Waals surface area (Å²) in [6, 6.07) is 5.69. The second-order valence-electron chi connectivity index (χ2n) is 4.09. The molecule has 0 bridgehead atoms. The van der Waals surface area contributed by atoms with E-state index < -0.39 is 41.0 Å². The Morgan fingerprint density at radius 1 is 1.32 bits per heavy atom. The Kier molecular flexibility index (Phi) is 3.29. The third-order valence-corrected chi connectivity index (χ3v) is 4.51. The molecule has 1 aromatic rings. The molecule has 1 aromatic carbocycles. The summed E-state index contributed by atoms with van der Waals surface area (Å²) < 4.78 is 24.6. The van der Waals surface area contributed by atoms with Crippen LogP contribution in [-0.2, 0) is 14.8 Å². The van der Waals surface area contributed by atoms with Gasteiger partial charge < -0.3 is 10.2 Å². The molecule has 1 heterocycles. The van der Waals surface area contributed by atoms with Crippen LogP contribution in [0.25, 0.3) is 0 Å². The summed E-state index contributed by atoms with van der Waals surface area (Å²) >= 11 is 0. The van der Waals surface area contributed by atoms with E-state index in [2.05, 4.69) is 0 Å². The molecule has 8 heteroatoms. The van der Waals surface area contributed by atoms with Gasteiger partial charge in [-0.15, -0.1) is 0 Å². The van der Waals surface area contributed by atoms with E-state index in [9.17, 15) is 23.1 Å². The van der Waals surface area contributed by atoms with Gasteiger partial charge in [0.25, 0.3) is 15.9 Å². The van der Waals surface area contributed by atoms with Crippen LogP contribution in [0.5, 0.6) is 0 Å². The summed E-state index contributed by atoms with van der Waals surface area (Å²) in [5.74, 6) is -2.02. The summed E-state index contributed by atoms with van der Waals surface area (Å²) in [7, 11) is -4.00. The second-order valence-corrected chi connectivity index (χ2v) is 5.92. The van der Waals surface area contributed by atoms with Gasteiger partial charge in [0.05, 0.1) is 24.6 Å². The Hall–Kier alpha value is -1.93. The molecule has 2 N–H and O–H groups in total. The number of hydrogen-bond donors (Lipinski definition) is 2. The van der Waals surface area contributed by atoms with Crippen LogP contribution in [0, 0.1) is 0 Å². The lowest BCUT2D eigenvalue weighted by molar-refractivity contribution is -0.139. The molecule has 0 spiro atoms. The first kappa shape index (κ1) is 13.5. The van der Waals surface area contributed by atoms with Crippen molar-refractivity contribution in [1.29, 1.82) is 0 Å². The van der Waals surface area contributed by atoms with E-state index in [-0.39, 0.29) is 10.5 Å². The van der Waals surface area contributed by atoms with Gasteiger partial charge in [0.15, 0.2) is 0 Å². The van der Waals surface area contributed by atoms with Gasteiger partial charge >= 0.3 is 5.97 Å². The number of carbonyl (C=O) groups is 2. The Morgan fingerprint density at radius 3 is 2.53 bits per heavy atom. The average molecular weight is 285 g/mol. The van der Waals surface area contributed by atoms with Gasteiger partial charge in [-0.3, -0.25) is 9.59 Å². The number of carbonyl (C=O) groups excluding carboxylic acids is 1. The number of rotatable bonds is 4. The molecule has 1 aliphatic rings. The molecule has 102 valence electrons. The molecule has 0 fully saturated rings. The van der Waals surface area contributed by atoms with Crippen molar-refractivity contribution < 1.29 is 28.2 Å². The first-order valence-corrected chi connectivity index (χ1v) is 6.84. The number of aliphatic hydroxyl groups excluding tert-OH is 1. The van der Waals surface area contributed by atoms with E-state index >= 15 is 0 Å². The lowest BCUT2D eigenvalue weighted by Crippen LogP contribution is -2.37. The first-order valence-electron chi connectivity index (χ1n) is 5.40. The predicted octanol–water partition coefficient (Wildman–Crippen LogP) is -0.333. The van der Waals surface area contributed by atoms with E-state index in [1.807, 2.05) is 0 Å². The van der Waals surface area contributed by atoms with Gasteiger partial charge in [-0.05, 0) is 12.1 Å². The lowest BCUT2D eigenvalue weighted by atomic mass is 10.2. The topological polar surface area (TPSA) is 112 Å². The highest BCUT2D eigenvalue weighted by Crippen LogP contribution is 2.29. The standard InChI is InChI=1S/C11H11NO6S/c13-7(5-10(14)15)6-12-11(16)8-3-1-2-4-9(8)19(12,17)18/h1-4,7,13H,5-6H2,(H,14,15). The van der Waals surface area contributed by atoms with Gasteiger partial charge in [0.1, 0.15) is 4.90 Å². The molecule has 19 heavy (non-hydrogen) atoms. The fourth-order valence-corrected chi connectivity index (χ4v) is 3.48. The van der Waals surface area contributed by atoms with Crippen molar-refractivity contribution >= 4 is 21.9 Å². The van der Waals surface area contributed by atoms with Crippen LogP contribution in [0.4, 0.5) is 0 Å². The highest BCUT2D eigenvalue weighted by molar-refractivity contribution is 7.90. The minimum Gasteiger partial charge on any atom is -0.481 e. The molecule has 1 unspecified atom stereocenters. The zero-order valence-electron chi connectivity index (χ0n) is 9.68. The van der Waals surface area contributed by atoms with Crippen molar-refractivity contribution in [3.63, 3.8) is 0 Å². The summed E-state index contributed by atoms with van der Waals surface area (Å²) in [4.78, 5) is 22.2. The largest absolute Gasteiger partial charge is 0.481 e. The fourth-order valence-electron chi connectivity index (χ4n) is 1.87. The van der Waals surface area contributed by atoms with Crippen molar-refractivity contribution in [2.45, 2.75) is 17.4 Å². The SMILES string of the molecule is O=C(O)CC(O)CN1C(=O)c2ccccc2S1(=O)=O. The van der Waals surface area contributed by atoms with Crippen molar-refractivity contribution in [2.75, 3.05) is 6.54 Å². The summed E-state index contributed by atoms with van der Waals surface area (Å²) in [5.41, 5.74) is 0.0324. The van der Waals surface area contributed by atoms with Crippen LogP contribution in [-0.4, -0.2) is 47.5 Å². The number of β-amino-alcohol motifs (C(OH)–C–C–N with tert-alkyl or cyclic N) is 1. The molecule has 0 radical (unpaired) electrons. The summed E-state index contributed by atoms with van der Waals surface area (Å²) in [6.45, 7) is -0.567. The van der Waals surface area contributed by atoms with E-state index in [4.69, 9.17) is 5.11 Å². The van der Waals surface area contributed by atoms with E-state index in [0.717, 1.165) is 0 Å². The van der Waals surface area contributed by atoms with E-state index in [1.54, 1.807) is 0 Å². The van der Waals surface area contributed by atoms with Crippen molar-refractivity contribution in [3.8, 4) is 0 Å². The maximum absolute atomic E-state index is 12.1. The molecule has 0 aromatic heterocycles. The van der Waals surface area contributed by atoms with Crippen molar-refractivity contribution in [1.82, 2.24) is 4.31 Å². The number of amides is 1. The zero-order chi connectivity index (χ0) is 14.2. The maximum atomic E-state index is 12.1. The highest BCUT2D eigenvalue weighted by atomic mass is 32.2. The fraction of sp³-hybridized carbons (Fsp3) is 0.273. The van der Waals surface area contributed by atoms with Crippen molar-refractivity contribution in [3.05, 3.63) is 29.8 Å². The van der Waals surface area contributed by atoms with Gasteiger partial charge in [-0.2, -0.15) is 0 Å². The number of benzene rings is 1. The maximum Gasteiger partial charge on any atom is 0.306 e. The minimum absolute atomic E-state index is 0.0324. The molecular formula is C11H11NO6S. The molecule has 1 amide bonds. The van der Waals surface area contributed by atoms with Crippen LogP contribution >= 0.6 is 0 Å². The molecule has 0 saturated carbocycles. The van der Waals surface area contributed by atoms with Gasteiger partial charge in [-0.25, -0.2) is 12.7 Å². The number of carboxylic acids is 1. The van der Waals surface area contributed by atoms with Gasteiger partial charge in [-0.1, -0.05) is 12.1 Å². The second kappa shape index (κ2) is 4.63. The average Bonchev–Trinajstić information content (AvgIpc) is 2.51. The smallest absolute Gasteiger partial charge is 0.306 e. The Balaban J connectivity index is 2.30. The predicted molar refractivity (Wildman–Crippen MR) is 62.9 cm³/mol. The third-order valence-electron chi connectivity index (χ3n) is 2.70.